The maximum atomic E-state index is 12.2. The first-order chi connectivity index (χ1) is 9.63. The molecule has 4 heteroatoms. The van der Waals surface area contributed by atoms with E-state index in [1.54, 1.807) is 12.1 Å². The number of carbonyl (C=O) groups excluding carboxylic acids is 1. The van der Waals surface area contributed by atoms with Crippen LogP contribution in [0.5, 0.6) is 5.75 Å². The Kier molecular flexibility index (Phi) is 3.06. The number of hydrogen-bond acceptors (Lipinski definition) is 3. The highest BCUT2D eigenvalue weighted by Gasteiger charge is 2.14. The van der Waals surface area contributed by atoms with E-state index in [4.69, 9.17) is 0 Å². The van der Waals surface area contributed by atoms with Gasteiger partial charge >= 0.3 is 0 Å². The van der Waals surface area contributed by atoms with Gasteiger partial charge in [0.15, 0.2) is 0 Å². The minimum absolute atomic E-state index is 0.00377. The Morgan fingerprint density at radius 2 is 2.10 bits per heavy atom. The van der Waals surface area contributed by atoms with Gasteiger partial charge in [-0.25, -0.2) is 0 Å². The number of amides is 1. The third-order valence-corrected chi connectivity index (χ3v) is 3.47. The second kappa shape index (κ2) is 4.89. The van der Waals surface area contributed by atoms with Gasteiger partial charge in [0.2, 0.25) is 0 Å². The van der Waals surface area contributed by atoms with Gasteiger partial charge in [-0.05, 0) is 49.2 Å². The minimum atomic E-state index is -0.294. The lowest BCUT2D eigenvalue weighted by Gasteiger charge is -2.09. The molecular formula is C16H16N2O2. The molecule has 2 aromatic carbocycles. The molecule has 0 aromatic heterocycles. The van der Waals surface area contributed by atoms with Crippen molar-refractivity contribution in [2.24, 2.45) is 0 Å². The van der Waals surface area contributed by atoms with Crippen LogP contribution < -0.4 is 10.6 Å². The number of aromatic hydroxyl groups is 1. The zero-order valence-electron chi connectivity index (χ0n) is 11.2. The van der Waals surface area contributed by atoms with Gasteiger partial charge in [0.25, 0.3) is 5.91 Å². The fourth-order valence-corrected chi connectivity index (χ4v) is 2.41. The zero-order valence-corrected chi connectivity index (χ0v) is 11.2. The summed E-state index contributed by atoms with van der Waals surface area (Å²) >= 11 is 0. The molecule has 1 aliphatic rings. The Morgan fingerprint density at radius 3 is 2.95 bits per heavy atom. The highest BCUT2D eigenvalue weighted by Crippen LogP contribution is 2.26. The first-order valence-electron chi connectivity index (χ1n) is 6.61. The van der Waals surface area contributed by atoms with Crippen molar-refractivity contribution in [3.8, 4) is 5.75 Å². The van der Waals surface area contributed by atoms with Crippen molar-refractivity contribution in [1.29, 1.82) is 0 Å². The summed E-state index contributed by atoms with van der Waals surface area (Å²) in [7, 11) is 0. The topological polar surface area (TPSA) is 61.4 Å². The van der Waals surface area contributed by atoms with E-state index in [0.29, 0.717) is 5.56 Å². The number of carbonyl (C=O) groups is 1. The molecule has 0 unspecified atom stereocenters. The number of nitrogens with one attached hydrogen (secondary N) is 2. The van der Waals surface area contributed by atoms with Crippen molar-refractivity contribution >= 4 is 17.3 Å². The average molecular weight is 268 g/mol. The van der Waals surface area contributed by atoms with Gasteiger partial charge in [-0.15, -0.1) is 0 Å². The van der Waals surface area contributed by atoms with E-state index >= 15 is 0 Å². The maximum absolute atomic E-state index is 12.2. The normalized spacial score (nSPS) is 12.7. The number of hydrogen-bond donors (Lipinski definition) is 3. The maximum Gasteiger partial charge on any atom is 0.259 e. The standard InChI is InChI=1S/C16H16N2O2/c1-10-2-5-15(19)13(8-10)16(20)18-12-3-4-14-11(9-12)6-7-17-14/h2-5,8-9,17,19H,6-7H2,1H3,(H,18,20). The smallest absolute Gasteiger partial charge is 0.259 e. The summed E-state index contributed by atoms with van der Waals surface area (Å²) in [5.41, 5.74) is 4.31. The third kappa shape index (κ3) is 2.32. The molecular weight excluding hydrogens is 252 g/mol. The van der Waals surface area contributed by atoms with Crippen molar-refractivity contribution in [3.63, 3.8) is 0 Å². The van der Waals surface area contributed by atoms with Crippen molar-refractivity contribution in [3.05, 3.63) is 53.1 Å². The van der Waals surface area contributed by atoms with E-state index in [0.717, 1.165) is 29.9 Å². The van der Waals surface area contributed by atoms with Crippen LogP contribution in [0.4, 0.5) is 11.4 Å². The van der Waals surface area contributed by atoms with E-state index in [1.807, 2.05) is 25.1 Å². The molecule has 1 amide bonds. The molecule has 0 aliphatic carbocycles. The Bertz CT molecular complexity index is 680. The number of phenolic OH excluding ortho intramolecular Hbond substituents is 1. The van der Waals surface area contributed by atoms with E-state index < -0.39 is 0 Å². The summed E-state index contributed by atoms with van der Waals surface area (Å²) in [6.07, 6.45) is 0.967. The second-order valence-corrected chi connectivity index (χ2v) is 5.02. The van der Waals surface area contributed by atoms with Crippen LogP contribution in [0, 0.1) is 6.92 Å². The molecule has 0 bridgehead atoms. The summed E-state index contributed by atoms with van der Waals surface area (Å²) in [5.74, 6) is -0.298. The molecule has 2 aromatic rings. The van der Waals surface area contributed by atoms with Gasteiger partial charge in [-0.1, -0.05) is 11.6 Å². The summed E-state index contributed by atoms with van der Waals surface area (Å²) in [6, 6.07) is 10.8. The van der Waals surface area contributed by atoms with Crippen LogP contribution in [0.15, 0.2) is 36.4 Å². The van der Waals surface area contributed by atoms with Crippen molar-refractivity contribution in [2.75, 3.05) is 17.2 Å². The van der Waals surface area contributed by atoms with E-state index in [9.17, 15) is 9.90 Å². The Balaban J connectivity index is 1.84. The van der Waals surface area contributed by atoms with Crippen LogP contribution in [0.2, 0.25) is 0 Å². The number of rotatable bonds is 2. The van der Waals surface area contributed by atoms with Crippen LogP contribution in [0.3, 0.4) is 0 Å². The van der Waals surface area contributed by atoms with Crippen LogP contribution in [-0.2, 0) is 6.42 Å². The molecule has 20 heavy (non-hydrogen) atoms. The molecule has 3 N–H and O–H groups in total. The first-order valence-corrected chi connectivity index (χ1v) is 6.61. The molecule has 0 fully saturated rings. The highest BCUT2D eigenvalue weighted by atomic mass is 16.3. The molecule has 3 rings (SSSR count). The van der Waals surface area contributed by atoms with Crippen LogP contribution in [0.1, 0.15) is 21.5 Å². The highest BCUT2D eigenvalue weighted by molar-refractivity contribution is 6.06. The zero-order chi connectivity index (χ0) is 14.1. The number of aryl methyl sites for hydroxylation is 1. The van der Waals surface area contributed by atoms with Gasteiger partial charge in [-0.3, -0.25) is 4.79 Å². The molecule has 1 heterocycles. The van der Waals surface area contributed by atoms with Crippen LogP contribution >= 0.6 is 0 Å². The van der Waals surface area contributed by atoms with Crippen molar-refractivity contribution in [2.45, 2.75) is 13.3 Å². The lowest BCUT2D eigenvalue weighted by molar-refractivity contribution is 0.102. The van der Waals surface area contributed by atoms with Crippen molar-refractivity contribution < 1.29 is 9.90 Å². The lowest BCUT2D eigenvalue weighted by atomic mass is 10.1. The predicted octanol–water partition coefficient (Wildman–Crippen LogP) is 2.92. The van der Waals surface area contributed by atoms with Gasteiger partial charge in [0.1, 0.15) is 5.75 Å². The third-order valence-electron chi connectivity index (χ3n) is 3.47. The average Bonchev–Trinajstić information content (AvgIpc) is 2.89. The fraction of sp³-hybridized carbons (Fsp3) is 0.188. The molecule has 0 saturated carbocycles. The minimum Gasteiger partial charge on any atom is -0.507 e. The van der Waals surface area contributed by atoms with E-state index in [-0.39, 0.29) is 11.7 Å². The summed E-state index contributed by atoms with van der Waals surface area (Å²) in [6.45, 7) is 2.82. The number of fused-ring (bicyclic) bond motifs is 1. The van der Waals surface area contributed by atoms with Crippen molar-refractivity contribution in [1.82, 2.24) is 0 Å². The van der Waals surface area contributed by atoms with Gasteiger partial charge in [-0.2, -0.15) is 0 Å². The van der Waals surface area contributed by atoms with E-state index in [1.165, 1.54) is 11.6 Å². The Labute approximate surface area is 117 Å². The van der Waals surface area contributed by atoms with Gasteiger partial charge in [0.05, 0.1) is 5.56 Å². The van der Waals surface area contributed by atoms with Gasteiger partial charge < -0.3 is 15.7 Å². The monoisotopic (exact) mass is 268 g/mol. The Morgan fingerprint density at radius 1 is 1.25 bits per heavy atom. The molecule has 0 radical (unpaired) electrons. The molecule has 0 atom stereocenters. The predicted molar refractivity (Wildman–Crippen MR) is 79.4 cm³/mol. The lowest BCUT2D eigenvalue weighted by Crippen LogP contribution is -2.12. The van der Waals surface area contributed by atoms with Crippen LogP contribution in [0.25, 0.3) is 0 Å². The number of benzene rings is 2. The molecule has 1 aliphatic heterocycles. The summed E-state index contributed by atoms with van der Waals surface area (Å²) in [5, 5.41) is 15.9. The quantitative estimate of drug-likeness (QED) is 0.784. The largest absolute Gasteiger partial charge is 0.507 e. The summed E-state index contributed by atoms with van der Waals surface area (Å²) < 4.78 is 0. The fourth-order valence-electron chi connectivity index (χ4n) is 2.41. The number of phenols is 1. The molecule has 102 valence electrons. The number of anilines is 2. The SMILES string of the molecule is Cc1ccc(O)c(C(=O)Nc2ccc3c(c2)CCN3)c1. The molecule has 0 spiro atoms. The second-order valence-electron chi connectivity index (χ2n) is 5.02. The molecule has 4 nitrogen and oxygen atoms in total. The van der Waals surface area contributed by atoms with Crippen LogP contribution in [-0.4, -0.2) is 17.6 Å². The molecule has 0 saturated heterocycles. The summed E-state index contributed by atoms with van der Waals surface area (Å²) in [4.78, 5) is 12.2. The Hall–Kier alpha value is -2.49. The van der Waals surface area contributed by atoms with E-state index in [2.05, 4.69) is 10.6 Å². The first kappa shape index (κ1) is 12.5. The van der Waals surface area contributed by atoms with Gasteiger partial charge in [0, 0.05) is 17.9 Å².